The van der Waals surface area contributed by atoms with Crippen molar-refractivity contribution in [3.63, 3.8) is 0 Å². The molecule has 0 unspecified atom stereocenters. The second-order valence-corrected chi connectivity index (χ2v) is 4.06. The maximum atomic E-state index is 5.48. The molecular weight excluding hydrogens is 154 g/mol. The van der Waals surface area contributed by atoms with Crippen LogP contribution in [0.2, 0.25) is 0 Å². The van der Waals surface area contributed by atoms with Gasteiger partial charge in [-0.15, -0.1) is 0 Å². The summed E-state index contributed by atoms with van der Waals surface area (Å²) >= 11 is 1.38. The van der Waals surface area contributed by atoms with Crippen molar-refractivity contribution in [1.29, 1.82) is 0 Å². The van der Waals surface area contributed by atoms with Crippen LogP contribution in [0.4, 0.5) is 0 Å². The molecule has 0 saturated heterocycles. The second-order valence-electron chi connectivity index (χ2n) is 3.30. The average Bonchev–Trinajstić information content (AvgIpc) is 2.30. The molecular formula is C9H15NS. The molecule has 0 amide bonds. The van der Waals surface area contributed by atoms with E-state index in [4.69, 9.17) is 5.14 Å². The molecule has 0 heterocycles. The Morgan fingerprint density at radius 1 is 1.55 bits per heavy atom. The van der Waals surface area contributed by atoms with E-state index in [1.807, 2.05) is 0 Å². The maximum Gasteiger partial charge on any atom is 0.00444 e. The fourth-order valence-corrected chi connectivity index (χ4v) is 1.94. The van der Waals surface area contributed by atoms with Gasteiger partial charge in [0, 0.05) is 11.3 Å². The third-order valence-electron chi connectivity index (χ3n) is 2.02. The fraction of sp³-hybridized carbons (Fsp3) is 0.556. The molecule has 0 saturated carbocycles. The van der Waals surface area contributed by atoms with Crippen molar-refractivity contribution in [3.8, 4) is 0 Å². The molecule has 0 aromatic carbocycles. The Balaban J connectivity index is 2.76. The highest BCUT2D eigenvalue weighted by Crippen LogP contribution is 2.33. The van der Waals surface area contributed by atoms with Gasteiger partial charge in [0.2, 0.25) is 0 Å². The van der Waals surface area contributed by atoms with E-state index in [1.165, 1.54) is 28.0 Å². The molecule has 0 radical (unpaired) electrons. The van der Waals surface area contributed by atoms with Crippen molar-refractivity contribution in [2.75, 3.05) is 0 Å². The highest BCUT2D eigenvalue weighted by Gasteiger charge is 2.13. The molecule has 0 atom stereocenters. The molecule has 0 spiro atoms. The second kappa shape index (κ2) is 3.46. The first-order valence-corrected chi connectivity index (χ1v) is 4.80. The first-order valence-electron chi connectivity index (χ1n) is 3.92. The van der Waals surface area contributed by atoms with Crippen LogP contribution in [0.3, 0.4) is 0 Å². The molecule has 0 bridgehead atoms. The van der Waals surface area contributed by atoms with Crippen molar-refractivity contribution in [1.82, 2.24) is 0 Å². The van der Waals surface area contributed by atoms with Crippen LogP contribution in [0, 0.1) is 5.92 Å². The van der Waals surface area contributed by atoms with Crippen LogP contribution in [0.5, 0.6) is 0 Å². The van der Waals surface area contributed by atoms with Gasteiger partial charge < -0.3 is 0 Å². The van der Waals surface area contributed by atoms with Crippen LogP contribution in [-0.2, 0) is 0 Å². The monoisotopic (exact) mass is 169 g/mol. The summed E-state index contributed by atoms with van der Waals surface area (Å²) in [7, 11) is 0. The number of nitrogens with two attached hydrogens (primary N) is 1. The van der Waals surface area contributed by atoms with E-state index < -0.39 is 0 Å². The molecule has 0 fully saturated rings. The fourth-order valence-electron chi connectivity index (χ4n) is 1.45. The smallest absolute Gasteiger partial charge is 0.00444 e. The molecule has 0 aliphatic heterocycles. The van der Waals surface area contributed by atoms with E-state index in [0.717, 1.165) is 6.42 Å². The van der Waals surface area contributed by atoms with Crippen molar-refractivity contribution in [2.24, 2.45) is 11.1 Å². The standard InChI is InChI=1S/C9H15NS/c1-6(2)9-5-8(11-10)4-7(9)3/h5-6H,4,10H2,1-3H3. The summed E-state index contributed by atoms with van der Waals surface area (Å²) in [6.45, 7) is 6.63. The summed E-state index contributed by atoms with van der Waals surface area (Å²) in [6, 6.07) is 0. The number of hydrogen-bond acceptors (Lipinski definition) is 2. The minimum atomic E-state index is 0.639. The van der Waals surface area contributed by atoms with Gasteiger partial charge in [-0.05, 0) is 24.5 Å². The topological polar surface area (TPSA) is 26.0 Å². The largest absolute Gasteiger partial charge is 0.274 e. The molecule has 2 N–H and O–H groups in total. The lowest BCUT2D eigenvalue weighted by Crippen LogP contribution is -1.89. The molecule has 11 heavy (non-hydrogen) atoms. The number of hydrogen-bond donors (Lipinski definition) is 1. The Morgan fingerprint density at radius 3 is 2.45 bits per heavy atom. The zero-order chi connectivity index (χ0) is 8.43. The predicted octanol–water partition coefficient (Wildman–Crippen LogP) is 2.85. The van der Waals surface area contributed by atoms with Crippen LogP contribution in [0.1, 0.15) is 27.2 Å². The number of allylic oxidation sites excluding steroid dienone is 4. The van der Waals surface area contributed by atoms with Crippen LogP contribution >= 0.6 is 11.9 Å². The Bertz CT molecular complexity index is 214. The van der Waals surface area contributed by atoms with Gasteiger partial charge in [-0.1, -0.05) is 31.4 Å². The summed E-state index contributed by atoms with van der Waals surface area (Å²) in [6.07, 6.45) is 3.29. The van der Waals surface area contributed by atoms with E-state index >= 15 is 0 Å². The summed E-state index contributed by atoms with van der Waals surface area (Å²) < 4.78 is 0. The van der Waals surface area contributed by atoms with E-state index in [1.54, 1.807) is 0 Å². The van der Waals surface area contributed by atoms with Gasteiger partial charge in [0.15, 0.2) is 0 Å². The lowest BCUT2D eigenvalue weighted by molar-refractivity contribution is 0.783. The average molecular weight is 169 g/mol. The van der Waals surface area contributed by atoms with Crippen LogP contribution in [-0.4, -0.2) is 0 Å². The molecule has 1 aliphatic carbocycles. The quantitative estimate of drug-likeness (QED) is 0.643. The molecule has 62 valence electrons. The maximum absolute atomic E-state index is 5.48. The minimum absolute atomic E-state index is 0.639. The Labute approximate surface area is 72.9 Å². The van der Waals surface area contributed by atoms with Crippen molar-refractivity contribution in [3.05, 3.63) is 22.1 Å². The van der Waals surface area contributed by atoms with Gasteiger partial charge in [0.05, 0.1) is 0 Å². The highest BCUT2D eigenvalue weighted by molar-refractivity contribution is 8.00. The number of rotatable bonds is 2. The Hall–Kier alpha value is -0.210. The van der Waals surface area contributed by atoms with Crippen LogP contribution < -0.4 is 5.14 Å². The SMILES string of the molecule is CC1=C(C(C)C)C=C(SN)C1. The van der Waals surface area contributed by atoms with Gasteiger partial charge in [0.25, 0.3) is 0 Å². The van der Waals surface area contributed by atoms with Gasteiger partial charge in [-0.2, -0.15) is 0 Å². The summed E-state index contributed by atoms with van der Waals surface area (Å²) in [5.74, 6) is 0.639. The van der Waals surface area contributed by atoms with Crippen molar-refractivity contribution in [2.45, 2.75) is 27.2 Å². The Morgan fingerprint density at radius 2 is 2.18 bits per heavy atom. The first-order chi connectivity index (χ1) is 5.15. The summed E-state index contributed by atoms with van der Waals surface area (Å²) in [4.78, 5) is 1.30. The first kappa shape index (κ1) is 8.88. The molecule has 2 heteroatoms. The predicted molar refractivity (Wildman–Crippen MR) is 52.0 cm³/mol. The van der Waals surface area contributed by atoms with Gasteiger partial charge in [-0.25, -0.2) is 0 Å². The molecule has 1 aliphatic rings. The zero-order valence-corrected chi connectivity index (χ0v) is 8.16. The van der Waals surface area contributed by atoms with E-state index in [9.17, 15) is 0 Å². The van der Waals surface area contributed by atoms with Crippen molar-refractivity contribution >= 4 is 11.9 Å². The van der Waals surface area contributed by atoms with Gasteiger partial charge in [0.1, 0.15) is 0 Å². The van der Waals surface area contributed by atoms with Crippen LogP contribution in [0.25, 0.3) is 0 Å². The minimum Gasteiger partial charge on any atom is -0.274 e. The highest BCUT2D eigenvalue weighted by atomic mass is 32.2. The molecule has 0 aromatic rings. The third kappa shape index (κ3) is 1.88. The zero-order valence-electron chi connectivity index (χ0n) is 7.35. The molecule has 1 nitrogen and oxygen atoms in total. The lowest BCUT2D eigenvalue weighted by Gasteiger charge is -2.04. The van der Waals surface area contributed by atoms with E-state index in [-0.39, 0.29) is 0 Å². The van der Waals surface area contributed by atoms with Gasteiger partial charge in [-0.3, -0.25) is 5.14 Å². The summed E-state index contributed by atoms with van der Waals surface area (Å²) in [5, 5.41) is 5.48. The van der Waals surface area contributed by atoms with E-state index in [0.29, 0.717) is 5.92 Å². The van der Waals surface area contributed by atoms with E-state index in [2.05, 4.69) is 26.8 Å². The third-order valence-corrected chi connectivity index (χ3v) is 2.59. The van der Waals surface area contributed by atoms with Gasteiger partial charge >= 0.3 is 0 Å². The lowest BCUT2D eigenvalue weighted by atomic mass is 10.0. The normalized spacial score (nSPS) is 18.1. The van der Waals surface area contributed by atoms with Crippen LogP contribution in [0.15, 0.2) is 22.1 Å². The Kier molecular flexibility index (Phi) is 2.79. The van der Waals surface area contributed by atoms with Crippen molar-refractivity contribution < 1.29 is 0 Å². The molecule has 1 rings (SSSR count). The molecule has 0 aromatic heterocycles. The summed E-state index contributed by atoms with van der Waals surface area (Å²) in [5.41, 5.74) is 2.95.